The lowest BCUT2D eigenvalue weighted by Gasteiger charge is -2.11. The van der Waals surface area contributed by atoms with Gasteiger partial charge in [-0.1, -0.05) is 40.9 Å². The number of methoxy groups -OCH3 is 1. The number of carbonyl (C=O) groups excluding carboxylic acids is 1. The fraction of sp³-hybridized carbons (Fsp3) is 0.0952. The highest BCUT2D eigenvalue weighted by molar-refractivity contribution is 6.36. The summed E-state index contributed by atoms with van der Waals surface area (Å²) < 4.78 is 5.24. The molecule has 0 saturated heterocycles. The third kappa shape index (κ3) is 3.94. The van der Waals surface area contributed by atoms with Crippen LogP contribution in [-0.4, -0.2) is 28.0 Å². The van der Waals surface area contributed by atoms with E-state index in [1.165, 1.54) is 24.0 Å². The third-order valence-electron chi connectivity index (χ3n) is 4.48. The maximum absolute atomic E-state index is 12.8. The number of aromatic nitrogens is 3. The molecule has 0 unspecified atom stereocenters. The summed E-state index contributed by atoms with van der Waals surface area (Å²) in [6.07, 6.45) is 0. The summed E-state index contributed by atoms with van der Waals surface area (Å²) in [6.45, 7) is 1.93. The maximum atomic E-state index is 12.8. The molecule has 1 N–H and O–H groups in total. The maximum Gasteiger partial charge on any atom is 0.259 e. The summed E-state index contributed by atoms with van der Waals surface area (Å²) in [6, 6.07) is 13.8. The van der Waals surface area contributed by atoms with E-state index in [1.807, 2.05) is 19.1 Å². The summed E-state index contributed by atoms with van der Waals surface area (Å²) in [5, 5.41) is 13.0. The summed E-state index contributed by atoms with van der Waals surface area (Å²) in [5.41, 5.74) is 3.77. The number of nitrogens with one attached hydrogen (secondary N) is 1. The number of rotatable bonds is 4. The lowest BCUT2D eigenvalue weighted by Crippen LogP contribution is -2.13. The van der Waals surface area contributed by atoms with E-state index in [0.717, 1.165) is 11.3 Å². The Labute approximate surface area is 187 Å². The number of amides is 1. The first-order valence-corrected chi connectivity index (χ1v) is 9.97. The minimum Gasteiger partial charge on any atom is -0.494 e. The lowest BCUT2D eigenvalue weighted by atomic mass is 10.1. The van der Waals surface area contributed by atoms with Crippen LogP contribution in [0, 0.1) is 6.92 Å². The Kier molecular flexibility index (Phi) is 5.56. The van der Waals surface area contributed by atoms with E-state index in [2.05, 4.69) is 15.5 Å². The van der Waals surface area contributed by atoms with Gasteiger partial charge in [0.15, 0.2) is 0 Å². The monoisotopic (exact) mass is 460 g/mol. The number of fused-ring (bicyclic) bond motifs is 1. The number of anilines is 1. The molecule has 0 radical (unpaired) electrons. The molecule has 6 nitrogen and oxygen atoms in total. The summed E-state index contributed by atoms with van der Waals surface area (Å²) in [7, 11) is 1.44. The van der Waals surface area contributed by atoms with Crippen LogP contribution in [0.3, 0.4) is 0 Å². The molecule has 0 aliphatic carbocycles. The van der Waals surface area contributed by atoms with Crippen LogP contribution in [0.2, 0.25) is 15.1 Å². The SMILES string of the molecule is COc1c(Cl)cc(Cl)cc1C(=O)Nc1ccc2nn(-c3ccc(C)c(Cl)c3)nc2c1. The fourth-order valence-electron chi connectivity index (χ4n) is 2.95. The Balaban J connectivity index is 1.64. The van der Waals surface area contributed by atoms with Crippen LogP contribution >= 0.6 is 34.8 Å². The van der Waals surface area contributed by atoms with Gasteiger partial charge in [0.2, 0.25) is 0 Å². The highest BCUT2D eigenvalue weighted by atomic mass is 35.5. The molecule has 9 heteroatoms. The van der Waals surface area contributed by atoms with Crippen molar-refractivity contribution in [1.29, 1.82) is 0 Å². The van der Waals surface area contributed by atoms with Gasteiger partial charge in [-0.25, -0.2) is 0 Å². The van der Waals surface area contributed by atoms with Crippen LogP contribution in [0.1, 0.15) is 15.9 Å². The smallest absolute Gasteiger partial charge is 0.259 e. The lowest BCUT2D eigenvalue weighted by molar-refractivity contribution is 0.102. The Morgan fingerprint density at radius 1 is 0.967 bits per heavy atom. The zero-order valence-corrected chi connectivity index (χ0v) is 18.2. The van der Waals surface area contributed by atoms with Gasteiger partial charge in [-0.15, -0.1) is 10.2 Å². The van der Waals surface area contributed by atoms with Gasteiger partial charge in [-0.3, -0.25) is 4.79 Å². The van der Waals surface area contributed by atoms with Crippen LogP contribution in [0.4, 0.5) is 5.69 Å². The molecule has 0 spiro atoms. The number of nitrogens with zero attached hydrogens (tertiary/aromatic N) is 3. The molecule has 1 heterocycles. The topological polar surface area (TPSA) is 69.0 Å². The standard InChI is InChI=1S/C21H15Cl3N4O2/c1-11-3-5-14(10-16(11)23)28-26-18-6-4-13(9-19(18)27-28)25-21(29)15-7-12(22)8-17(24)20(15)30-2/h3-10H,1-2H3,(H,25,29). The Hall–Kier alpha value is -2.80. The molecule has 0 atom stereocenters. The van der Waals surface area contributed by atoms with Gasteiger partial charge in [-0.05, 0) is 55.0 Å². The zero-order valence-electron chi connectivity index (χ0n) is 15.9. The quantitative estimate of drug-likeness (QED) is 0.408. The van der Waals surface area contributed by atoms with Crippen molar-refractivity contribution in [3.8, 4) is 11.4 Å². The third-order valence-corrected chi connectivity index (χ3v) is 5.39. The molecule has 0 fully saturated rings. The number of carbonyl (C=O) groups is 1. The van der Waals surface area contributed by atoms with E-state index < -0.39 is 5.91 Å². The van der Waals surface area contributed by atoms with Gasteiger partial charge >= 0.3 is 0 Å². The predicted octanol–water partition coefficient (Wildman–Crippen LogP) is 5.95. The van der Waals surface area contributed by atoms with Crippen molar-refractivity contribution in [1.82, 2.24) is 15.0 Å². The van der Waals surface area contributed by atoms with Crippen LogP contribution in [0.25, 0.3) is 16.7 Å². The van der Waals surface area contributed by atoms with Crippen molar-refractivity contribution in [3.05, 3.63) is 74.7 Å². The van der Waals surface area contributed by atoms with Crippen LogP contribution in [0.15, 0.2) is 48.5 Å². The normalized spacial score (nSPS) is 11.0. The van der Waals surface area contributed by atoms with Crippen molar-refractivity contribution in [2.75, 3.05) is 12.4 Å². The molecule has 0 aliphatic heterocycles. The highest BCUT2D eigenvalue weighted by Gasteiger charge is 2.17. The molecular weight excluding hydrogens is 447 g/mol. The average Bonchev–Trinajstić information content (AvgIpc) is 3.13. The van der Waals surface area contributed by atoms with Gasteiger partial charge in [0.05, 0.1) is 23.4 Å². The molecule has 1 aromatic heterocycles. The number of hydrogen-bond acceptors (Lipinski definition) is 4. The molecule has 1 amide bonds. The molecule has 4 aromatic rings. The first-order valence-electron chi connectivity index (χ1n) is 8.84. The fourth-order valence-corrected chi connectivity index (χ4v) is 3.69. The number of aryl methyl sites for hydroxylation is 1. The first-order chi connectivity index (χ1) is 14.4. The Bertz CT molecular complexity index is 1290. The number of hydrogen-bond donors (Lipinski definition) is 1. The van der Waals surface area contributed by atoms with Gasteiger partial charge in [0.1, 0.15) is 16.8 Å². The van der Waals surface area contributed by atoms with E-state index in [1.54, 1.807) is 24.3 Å². The molecule has 30 heavy (non-hydrogen) atoms. The van der Waals surface area contributed by atoms with Crippen LogP contribution < -0.4 is 10.1 Å². The number of benzene rings is 3. The van der Waals surface area contributed by atoms with Crippen molar-refractivity contribution < 1.29 is 9.53 Å². The van der Waals surface area contributed by atoms with Gasteiger partial charge in [0.25, 0.3) is 5.91 Å². The molecular formula is C21H15Cl3N4O2. The summed E-state index contributed by atoms with van der Waals surface area (Å²) in [4.78, 5) is 14.3. The van der Waals surface area contributed by atoms with E-state index in [-0.39, 0.29) is 16.3 Å². The molecule has 3 aromatic carbocycles. The summed E-state index contributed by atoms with van der Waals surface area (Å²) >= 11 is 18.4. The van der Waals surface area contributed by atoms with Crippen molar-refractivity contribution in [2.45, 2.75) is 6.92 Å². The molecule has 4 rings (SSSR count). The van der Waals surface area contributed by atoms with E-state index in [0.29, 0.717) is 26.8 Å². The zero-order chi connectivity index (χ0) is 21.4. The predicted molar refractivity (Wildman–Crippen MR) is 120 cm³/mol. The first kappa shape index (κ1) is 20.5. The van der Waals surface area contributed by atoms with Crippen molar-refractivity contribution in [2.24, 2.45) is 0 Å². The van der Waals surface area contributed by atoms with E-state index >= 15 is 0 Å². The second kappa shape index (κ2) is 8.14. The largest absolute Gasteiger partial charge is 0.494 e. The van der Waals surface area contributed by atoms with Crippen molar-refractivity contribution in [3.63, 3.8) is 0 Å². The van der Waals surface area contributed by atoms with Gasteiger partial charge in [0, 0.05) is 15.7 Å². The highest BCUT2D eigenvalue weighted by Crippen LogP contribution is 2.33. The van der Waals surface area contributed by atoms with E-state index in [9.17, 15) is 4.79 Å². The Morgan fingerprint density at radius 2 is 1.73 bits per heavy atom. The molecule has 0 saturated carbocycles. The molecule has 0 aliphatic rings. The number of ether oxygens (including phenoxy) is 1. The second-order valence-corrected chi connectivity index (χ2v) is 7.80. The average molecular weight is 462 g/mol. The summed E-state index contributed by atoms with van der Waals surface area (Å²) in [5.74, 6) is -0.157. The minimum absolute atomic E-state index is 0.230. The molecule has 152 valence electrons. The van der Waals surface area contributed by atoms with Crippen molar-refractivity contribution >= 4 is 57.4 Å². The van der Waals surface area contributed by atoms with Gasteiger partial charge < -0.3 is 10.1 Å². The van der Waals surface area contributed by atoms with Crippen LogP contribution in [0.5, 0.6) is 5.75 Å². The second-order valence-electron chi connectivity index (χ2n) is 6.55. The Morgan fingerprint density at radius 3 is 2.47 bits per heavy atom. The van der Waals surface area contributed by atoms with E-state index in [4.69, 9.17) is 39.5 Å². The minimum atomic E-state index is -0.409. The van der Waals surface area contributed by atoms with Gasteiger partial charge in [-0.2, -0.15) is 4.80 Å². The van der Waals surface area contributed by atoms with Crippen LogP contribution in [-0.2, 0) is 0 Å². The number of halogens is 3. The molecule has 0 bridgehead atoms.